The lowest BCUT2D eigenvalue weighted by Gasteiger charge is -2.16. The largest absolute Gasteiger partial charge is 0.334 e. The van der Waals surface area contributed by atoms with Crippen LogP contribution in [0.5, 0.6) is 0 Å². The van der Waals surface area contributed by atoms with Gasteiger partial charge in [-0.15, -0.1) is 0 Å². The minimum atomic E-state index is -3.52. The second-order valence-corrected chi connectivity index (χ2v) is 7.82. The van der Waals surface area contributed by atoms with Crippen molar-refractivity contribution in [2.75, 3.05) is 13.6 Å². The van der Waals surface area contributed by atoms with Gasteiger partial charge in [-0.25, -0.2) is 12.7 Å². The molecule has 0 bridgehead atoms. The van der Waals surface area contributed by atoms with Crippen LogP contribution in [0.4, 0.5) is 0 Å². The van der Waals surface area contributed by atoms with Crippen LogP contribution in [0.15, 0.2) is 64.0 Å². The maximum atomic E-state index is 12.6. The van der Waals surface area contributed by atoms with Gasteiger partial charge in [0.2, 0.25) is 10.0 Å². The second kappa shape index (κ2) is 7.16. The van der Waals surface area contributed by atoms with Crippen molar-refractivity contribution in [1.82, 2.24) is 14.4 Å². The van der Waals surface area contributed by atoms with E-state index in [1.54, 1.807) is 31.3 Å². The van der Waals surface area contributed by atoms with Gasteiger partial charge in [0.1, 0.15) is 0 Å². The number of aromatic nitrogens is 2. The average Bonchev–Trinajstić information content (AvgIpc) is 3.10. The molecule has 7 heteroatoms. The van der Waals surface area contributed by atoms with Gasteiger partial charge in [0.15, 0.2) is 5.82 Å². The van der Waals surface area contributed by atoms with E-state index < -0.39 is 10.0 Å². The van der Waals surface area contributed by atoms with E-state index in [9.17, 15) is 8.42 Å². The van der Waals surface area contributed by atoms with E-state index in [2.05, 4.69) is 10.1 Å². The normalized spacial score (nSPS) is 11.8. The van der Waals surface area contributed by atoms with Crippen molar-refractivity contribution in [2.45, 2.75) is 18.2 Å². The third-order valence-electron chi connectivity index (χ3n) is 3.87. The summed E-state index contributed by atoms with van der Waals surface area (Å²) >= 11 is 0. The minimum Gasteiger partial charge on any atom is -0.334 e. The SMILES string of the molecule is Cc1ccc(S(=O)(=O)N(C)CCc2noc(-c3ccccc3)n2)cc1. The Bertz CT molecular complexity index is 935. The van der Waals surface area contributed by atoms with Crippen molar-refractivity contribution in [2.24, 2.45) is 0 Å². The van der Waals surface area contributed by atoms with Gasteiger partial charge in [-0.3, -0.25) is 0 Å². The molecule has 0 amide bonds. The van der Waals surface area contributed by atoms with Crippen molar-refractivity contribution in [3.63, 3.8) is 0 Å². The Kier molecular flexibility index (Phi) is 4.96. The second-order valence-electron chi connectivity index (χ2n) is 5.77. The van der Waals surface area contributed by atoms with E-state index in [1.165, 1.54) is 4.31 Å². The van der Waals surface area contributed by atoms with Gasteiger partial charge in [-0.1, -0.05) is 41.1 Å². The van der Waals surface area contributed by atoms with Crippen LogP contribution in [0.2, 0.25) is 0 Å². The molecule has 2 aromatic carbocycles. The van der Waals surface area contributed by atoms with Crippen LogP contribution in [0.25, 0.3) is 11.5 Å². The molecular weight excluding hydrogens is 338 g/mol. The monoisotopic (exact) mass is 357 g/mol. The molecule has 0 aliphatic heterocycles. The molecule has 130 valence electrons. The maximum Gasteiger partial charge on any atom is 0.257 e. The summed E-state index contributed by atoms with van der Waals surface area (Å²) < 4.78 is 31.6. The van der Waals surface area contributed by atoms with Crippen LogP contribution in [0, 0.1) is 6.92 Å². The summed E-state index contributed by atoms with van der Waals surface area (Å²) in [5.41, 5.74) is 1.85. The summed E-state index contributed by atoms with van der Waals surface area (Å²) in [6.45, 7) is 2.19. The number of nitrogens with zero attached hydrogens (tertiary/aromatic N) is 3. The van der Waals surface area contributed by atoms with E-state index in [0.29, 0.717) is 18.1 Å². The standard InChI is InChI=1S/C18H19N3O3S/c1-14-8-10-16(11-9-14)25(22,23)21(2)13-12-17-19-18(24-20-17)15-6-4-3-5-7-15/h3-11H,12-13H2,1-2H3. The molecular formula is C18H19N3O3S. The fraction of sp³-hybridized carbons (Fsp3) is 0.222. The highest BCUT2D eigenvalue weighted by atomic mass is 32.2. The molecule has 1 aromatic heterocycles. The number of hydrogen-bond donors (Lipinski definition) is 0. The summed E-state index contributed by atoms with van der Waals surface area (Å²) in [5, 5.41) is 3.92. The first-order chi connectivity index (χ1) is 12.0. The van der Waals surface area contributed by atoms with Crippen LogP contribution in [0.1, 0.15) is 11.4 Å². The number of likely N-dealkylation sites (N-methyl/N-ethyl adjacent to an activating group) is 1. The molecule has 0 saturated carbocycles. The molecule has 0 fully saturated rings. The minimum absolute atomic E-state index is 0.268. The van der Waals surface area contributed by atoms with E-state index in [1.807, 2.05) is 37.3 Å². The molecule has 6 nitrogen and oxygen atoms in total. The van der Waals surface area contributed by atoms with Gasteiger partial charge in [-0.05, 0) is 31.2 Å². The Labute approximate surface area is 147 Å². The van der Waals surface area contributed by atoms with Gasteiger partial charge in [0, 0.05) is 25.6 Å². The Morgan fingerprint density at radius 2 is 1.72 bits per heavy atom. The number of aryl methyl sites for hydroxylation is 1. The van der Waals surface area contributed by atoms with E-state index in [4.69, 9.17) is 4.52 Å². The van der Waals surface area contributed by atoms with Crippen molar-refractivity contribution in [3.8, 4) is 11.5 Å². The molecule has 0 saturated heterocycles. The molecule has 3 rings (SSSR count). The summed E-state index contributed by atoms with van der Waals surface area (Å²) in [4.78, 5) is 4.60. The molecule has 3 aromatic rings. The highest BCUT2D eigenvalue weighted by molar-refractivity contribution is 7.89. The van der Waals surface area contributed by atoms with E-state index >= 15 is 0 Å². The summed E-state index contributed by atoms with van der Waals surface area (Å²) in [5.74, 6) is 0.907. The first kappa shape index (κ1) is 17.3. The van der Waals surface area contributed by atoms with Gasteiger partial charge in [-0.2, -0.15) is 4.98 Å². The Balaban J connectivity index is 1.67. The predicted octanol–water partition coefficient (Wildman–Crippen LogP) is 2.91. The van der Waals surface area contributed by atoms with Gasteiger partial charge in [0.05, 0.1) is 4.90 Å². The number of benzene rings is 2. The van der Waals surface area contributed by atoms with Crippen LogP contribution < -0.4 is 0 Å². The Hall–Kier alpha value is -2.51. The summed E-state index contributed by atoms with van der Waals surface area (Å²) in [7, 11) is -1.98. The lowest BCUT2D eigenvalue weighted by atomic mass is 10.2. The van der Waals surface area contributed by atoms with Gasteiger partial charge < -0.3 is 4.52 Å². The molecule has 1 heterocycles. The maximum absolute atomic E-state index is 12.6. The quantitative estimate of drug-likeness (QED) is 0.678. The van der Waals surface area contributed by atoms with Crippen molar-refractivity contribution >= 4 is 10.0 Å². The molecule has 0 unspecified atom stereocenters. The third-order valence-corrected chi connectivity index (χ3v) is 5.74. The fourth-order valence-corrected chi connectivity index (χ4v) is 3.49. The molecule has 0 spiro atoms. The Morgan fingerprint density at radius 3 is 2.40 bits per heavy atom. The zero-order valence-electron chi connectivity index (χ0n) is 14.1. The number of rotatable bonds is 6. The zero-order chi connectivity index (χ0) is 17.9. The van der Waals surface area contributed by atoms with Crippen molar-refractivity contribution in [1.29, 1.82) is 0 Å². The highest BCUT2D eigenvalue weighted by Gasteiger charge is 2.21. The van der Waals surface area contributed by atoms with Crippen molar-refractivity contribution < 1.29 is 12.9 Å². The van der Waals surface area contributed by atoms with Crippen LogP contribution in [-0.2, 0) is 16.4 Å². The van der Waals surface area contributed by atoms with E-state index in [-0.39, 0.29) is 11.4 Å². The fourth-order valence-electron chi connectivity index (χ4n) is 2.32. The lowest BCUT2D eigenvalue weighted by Crippen LogP contribution is -2.29. The number of sulfonamides is 1. The smallest absolute Gasteiger partial charge is 0.257 e. The summed E-state index contributed by atoms with van der Waals surface area (Å²) in [6, 6.07) is 16.2. The first-order valence-corrected chi connectivity index (χ1v) is 9.32. The van der Waals surface area contributed by atoms with Crippen molar-refractivity contribution in [3.05, 3.63) is 66.0 Å². The molecule has 0 aliphatic carbocycles. The van der Waals surface area contributed by atoms with Gasteiger partial charge in [0.25, 0.3) is 5.89 Å². The Morgan fingerprint density at radius 1 is 1.04 bits per heavy atom. The predicted molar refractivity (Wildman–Crippen MR) is 94.4 cm³/mol. The molecule has 25 heavy (non-hydrogen) atoms. The molecule has 0 atom stereocenters. The third kappa shape index (κ3) is 3.94. The average molecular weight is 357 g/mol. The molecule has 0 aliphatic rings. The molecule has 0 radical (unpaired) electrons. The van der Waals surface area contributed by atoms with E-state index in [0.717, 1.165) is 11.1 Å². The first-order valence-electron chi connectivity index (χ1n) is 7.88. The summed E-state index contributed by atoms with van der Waals surface area (Å²) in [6.07, 6.45) is 0.373. The number of hydrogen-bond acceptors (Lipinski definition) is 5. The topological polar surface area (TPSA) is 76.3 Å². The highest BCUT2D eigenvalue weighted by Crippen LogP contribution is 2.18. The van der Waals surface area contributed by atoms with Crippen LogP contribution >= 0.6 is 0 Å². The molecule has 0 N–H and O–H groups in total. The van der Waals surface area contributed by atoms with Crippen LogP contribution in [0.3, 0.4) is 0 Å². The zero-order valence-corrected chi connectivity index (χ0v) is 14.9. The van der Waals surface area contributed by atoms with Crippen LogP contribution in [-0.4, -0.2) is 36.5 Å². The lowest BCUT2D eigenvalue weighted by molar-refractivity contribution is 0.415. The van der Waals surface area contributed by atoms with Gasteiger partial charge >= 0.3 is 0 Å².